The van der Waals surface area contributed by atoms with Gasteiger partial charge < -0.3 is 4.74 Å². The fourth-order valence-electron chi connectivity index (χ4n) is 1.53. The molecule has 0 atom stereocenters. The van der Waals surface area contributed by atoms with E-state index in [-0.39, 0.29) is 5.91 Å². The van der Waals surface area contributed by atoms with E-state index >= 15 is 0 Å². The molecule has 4 nitrogen and oxygen atoms in total. The van der Waals surface area contributed by atoms with Gasteiger partial charge in [-0.05, 0) is 64.7 Å². The van der Waals surface area contributed by atoms with Crippen LogP contribution in [0.2, 0.25) is 0 Å². The molecule has 1 aromatic carbocycles. The maximum Gasteiger partial charge on any atom is 0.271 e. The number of carbonyl (C=O) groups is 1. The predicted octanol–water partition coefficient (Wildman–Crippen LogP) is 3.43. The van der Waals surface area contributed by atoms with Crippen LogP contribution in [-0.2, 0) is 0 Å². The van der Waals surface area contributed by atoms with Gasteiger partial charge in [0.1, 0.15) is 5.75 Å². The summed E-state index contributed by atoms with van der Waals surface area (Å²) in [6.45, 7) is 2.00. The molecule has 20 heavy (non-hydrogen) atoms. The van der Waals surface area contributed by atoms with Crippen LogP contribution in [-0.4, -0.2) is 19.2 Å². The second-order valence-corrected chi connectivity index (χ2v) is 6.13. The zero-order valence-electron chi connectivity index (χ0n) is 11.0. The Hall–Kier alpha value is -1.41. The summed E-state index contributed by atoms with van der Waals surface area (Å²) >= 11 is 3.74. The second-order valence-electron chi connectivity index (χ2n) is 4.02. The number of hydrazone groups is 1. The number of nitrogens with zero attached hydrogens (tertiary/aromatic N) is 1. The van der Waals surface area contributed by atoms with Crippen LogP contribution < -0.4 is 10.2 Å². The van der Waals surface area contributed by atoms with E-state index in [9.17, 15) is 4.79 Å². The summed E-state index contributed by atoms with van der Waals surface area (Å²) in [7, 11) is 1.58. The summed E-state index contributed by atoms with van der Waals surface area (Å²) < 4.78 is 6.15. The van der Waals surface area contributed by atoms with Crippen molar-refractivity contribution in [1.29, 1.82) is 0 Å². The van der Waals surface area contributed by atoms with Crippen molar-refractivity contribution in [3.8, 4) is 5.75 Å². The summed E-state index contributed by atoms with van der Waals surface area (Å²) in [5.74, 6) is 0.418. The highest BCUT2D eigenvalue weighted by atomic mass is 127. The number of benzene rings is 1. The van der Waals surface area contributed by atoms with Crippen molar-refractivity contribution in [3.05, 3.63) is 49.2 Å². The van der Waals surface area contributed by atoms with Crippen LogP contribution in [0.15, 0.2) is 34.7 Å². The largest absolute Gasteiger partial charge is 0.496 e. The third-order valence-corrected chi connectivity index (χ3v) is 4.51. The highest BCUT2D eigenvalue weighted by molar-refractivity contribution is 14.1. The lowest BCUT2D eigenvalue weighted by molar-refractivity contribution is 0.0955. The van der Waals surface area contributed by atoms with Crippen LogP contribution in [0, 0.1) is 10.5 Å². The predicted molar refractivity (Wildman–Crippen MR) is 89.8 cm³/mol. The first-order chi connectivity index (χ1) is 9.61. The van der Waals surface area contributed by atoms with Gasteiger partial charge in [-0.15, -0.1) is 11.3 Å². The molecule has 0 aliphatic heterocycles. The lowest BCUT2D eigenvalue weighted by Crippen LogP contribution is -2.17. The van der Waals surface area contributed by atoms with Crippen molar-refractivity contribution in [2.24, 2.45) is 5.10 Å². The molecule has 0 aliphatic carbocycles. The topological polar surface area (TPSA) is 50.7 Å². The number of thiophene rings is 1. The SMILES string of the molecule is COc1cc(C(=O)N/N=C\c2sccc2C)ccc1I. The number of hydrogen-bond acceptors (Lipinski definition) is 4. The maximum absolute atomic E-state index is 12.0. The van der Waals surface area contributed by atoms with Gasteiger partial charge in [-0.1, -0.05) is 0 Å². The minimum atomic E-state index is -0.259. The number of rotatable bonds is 4. The maximum atomic E-state index is 12.0. The molecule has 1 aromatic heterocycles. The van der Waals surface area contributed by atoms with Gasteiger partial charge in [0.05, 0.1) is 16.9 Å². The van der Waals surface area contributed by atoms with E-state index in [1.165, 1.54) is 0 Å². The summed E-state index contributed by atoms with van der Waals surface area (Å²) in [5.41, 5.74) is 4.17. The van der Waals surface area contributed by atoms with Gasteiger partial charge in [-0.25, -0.2) is 5.43 Å². The van der Waals surface area contributed by atoms with E-state index < -0.39 is 0 Å². The molecule has 1 heterocycles. The number of amides is 1. The minimum Gasteiger partial charge on any atom is -0.496 e. The van der Waals surface area contributed by atoms with Crippen LogP contribution in [0.4, 0.5) is 0 Å². The molecular weight excluding hydrogens is 387 g/mol. The number of halogens is 1. The highest BCUT2D eigenvalue weighted by Gasteiger charge is 2.08. The van der Waals surface area contributed by atoms with Crippen molar-refractivity contribution in [3.63, 3.8) is 0 Å². The molecular formula is C14H13IN2O2S. The van der Waals surface area contributed by atoms with E-state index in [0.29, 0.717) is 11.3 Å². The Morgan fingerprint density at radius 2 is 2.25 bits per heavy atom. The smallest absolute Gasteiger partial charge is 0.271 e. The normalized spacial score (nSPS) is 10.8. The standard InChI is InChI=1S/C14H13IN2O2S/c1-9-5-6-20-13(9)8-16-17-14(18)10-3-4-11(15)12(7-10)19-2/h3-8H,1-2H3,(H,17,18)/b16-8-. The monoisotopic (exact) mass is 400 g/mol. The molecule has 0 saturated heterocycles. The number of carbonyl (C=O) groups excluding carboxylic acids is 1. The Morgan fingerprint density at radius 3 is 2.90 bits per heavy atom. The van der Waals surface area contributed by atoms with Crippen molar-refractivity contribution >= 4 is 46.0 Å². The quantitative estimate of drug-likeness (QED) is 0.486. The van der Waals surface area contributed by atoms with Crippen LogP contribution >= 0.6 is 33.9 Å². The van der Waals surface area contributed by atoms with Gasteiger partial charge in [0.2, 0.25) is 0 Å². The zero-order valence-corrected chi connectivity index (χ0v) is 14.0. The fraction of sp³-hybridized carbons (Fsp3) is 0.143. The number of ether oxygens (including phenoxy) is 1. The first-order valence-electron chi connectivity index (χ1n) is 5.83. The van der Waals surface area contributed by atoms with Gasteiger partial charge in [-0.3, -0.25) is 4.79 Å². The van der Waals surface area contributed by atoms with E-state index in [0.717, 1.165) is 14.0 Å². The lowest BCUT2D eigenvalue weighted by Gasteiger charge is -2.05. The minimum absolute atomic E-state index is 0.259. The van der Waals surface area contributed by atoms with Crippen molar-refractivity contribution < 1.29 is 9.53 Å². The summed E-state index contributed by atoms with van der Waals surface area (Å²) in [6, 6.07) is 7.29. The molecule has 0 bridgehead atoms. The summed E-state index contributed by atoms with van der Waals surface area (Å²) in [6.07, 6.45) is 1.65. The van der Waals surface area contributed by atoms with Crippen molar-refractivity contribution in [2.75, 3.05) is 7.11 Å². The molecule has 1 amide bonds. The molecule has 2 rings (SSSR count). The molecule has 0 spiro atoms. The van der Waals surface area contributed by atoms with Gasteiger partial charge in [0.25, 0.3) is 5.91 Å². The van der Waals surface area contributed by atoms with Crippen molar-refractivity contribution in [2.45, 2.75) is 6.92 Å². The molecule has 1 N–H and O–H groups in total. The van der Waals surface area contributed by atoms with Gasteiger partial charge in [0.15, 0.2) is 0 Å². The number of aryl methyl sites for hydroxylation is 1. The van der Waals surface area contributed by atoms with Gasteiger partial charge in [-0.2, -0.15) is 5.10 Å². The summed E-state index contributed by atoms with van der Waals surface area (Å²) in [4.78, 5) is 13.0. The van der Waals surface area contributed by atoms with Crippen LogP contribution in [0.3, 0.4) is 0 Å². The van der Waals surface area contributed by atoms with E-state index in [4.69, 9.17) is 4.74 Å². The number of methoxy groups -OCH3 is 1. The van der Waals surface area contributed by atoms with E-state index in [1.807, 2.05) is 24.4 Å². The average Bonchev–Trinajstić information content (AvgIpc) is 2.85. The average molecular weight is 400 g/mol. The van der Waals surface area contributed by atoms with E-state index in [1.54, 1.807) is 36.8 Å². The Kier molecular flexibility index (Phi) is 5.13. The van der Waals surface area contributed by atoms with Crippen LogP contribution in [0.1, 0.15) is 20.8 Å². The highest BCUT2D eigenvalue weighted by Crippen LogP contribution is 2.21. The zero-order chi connectivity index (χ0) is 14.5. The summed E-state index contributed by atoms with van der Waals surface area (Å²) in [5, 5.41) is 5.96. The molecule has 0 saturated carbocycles. The van der Waals surface area contributed by atoms with E-state index in [2.05, 4.69) is 33.1 Å². The fourth-order valence-corrected chi connectivity index (χ4v) is 2.87. The molecule has 0 aliphatic rings. The molecule has 0 radical (unpaired) electrons. The Bertz CT molecular complexity index is 652. The van der Waals surface area contributed by atoms with Gasteiger partial charge in [0, 0.05) is 10.4 Å². The first kappa shape index (κ1) is 15.0. The Labute approximate surface area is 135 Å². The second kappa shape index (κ2) is 6.85. The Morgan fingerprint density at radius 1 is 1.45 bits per heavy atom. The lowest BCUT2D eigenvalue weighted by atomic mass is 10.2. The molecule has 2 aromatic rings. The molecule has 0 fully saturated rings. The van der Waals surface area contributed by atoms with Gasteiger partial charge >= 0.3 is 0 Å². The molecule has 0 unspecified atom stereocenters. The van der Waals surface area contributed by atoms with Crippen LogP contribution in [0.5, 0.6) is 5.75 Å². The number of nitrogens with one attached hydrogen (secondary N) is 1. The molecule has 6 heteroatoms. The van der Waals surface area contributed by atoms with Crippen molar-refractivity contribution in [1.82, 2.24) is 5.43 Å². The Balaban J connectivity index is 2.05. The third kappa shape index (κ3) is 3.57. The first-order valence-corrected chi connectivity index (χ1v) is 7.78. The third-order valence-electron chi connectivity index (χ3n) is 2.66. The molecule has 104 valence electrons. The van der Waals surface area contributed by atoms with Crippen LogP contribution in [0.25, 0.3) is 0 Å². The number of hydrogen-bond donors (Lipinski definition) is 1.